The molecule has 1 aromatic heterocycles. The number of alkyl halides is 4. The van der Waals surface area contributed by atoms with E-state index in [9.17, 15) is 13.2 Å². The van der Waals surface area contributed by atoms with Crippen LogP contribution in [0.15, 0.2) is 18.3 Å². The Morgan fingerprint density at radius 1 is 1.40 bits per heavy atom. The molecular weight excluding hydrogens is 227 g/mol. The topological polar surface area (TPSA) is 12.9 Å². The van der Waals surface area contributed by atoms with Gasteiger partial charge >= 0.3 is 6.18 Å². The van der Waals surface area contributed by atoms with Gasteiger partial charge in [0.1, 0.15) is 5.69 Å². The highest BCUT2D eigenvalue weighted by Gasteiger charge is 2.32. The number of rotatable bonds is 1. The molecule has 0 unspecified atom stereocenters. The molecule has 0 saturated heterocycles. The van der Waals surface area contributed by atoms with E-state index in [-0.39, 0.29) is 0 Å². The number of halogens is 4. The molecule has 15 heavy (non-hydrogen) atoms. The van der Waals surface area contributed by atoms with E-state index in [1.807, 2.05) is 0 Å². The highest BCUT2D eigenvalue weighted by Crippen LogP contribution is 2.27. The van der Waals surface area contributed by atoms with Crippen molar-refractivity contribution in [2.75, 3.05) is 5.88 Å². The van der Waals surface area contributed by atoms with Crippen LogP contribution in [-0.2, 0) is 6.18 Å². The van der Waals surface area contributed by atoms with Crippen LogP contribution >= 0.6 is 11.6 Å². The molecular formula is C10H7ClF3N. The Labute approximate surface area is 90.3 Å². The quantitative estimate of drug-likeness (QED) is 0.537. The summed E-state index contributed by atoms with van der Waals surface area (Å²) in [4.78, 5) is 3.22. The van der Waals surface area contributed by atoms with Gasteiger partial charge in [0.05, 0.1) is 0 Å². The van der Waals surface area contributed by atoms with E-state index < -0.39 is 11.9 Å². The zero-order valence-corrected chi connectivity index (χ0v) is 8.36. The van der Waals surface area contributed by atoms with E-state index >= 15 is 0 Å². The molecule has 0 saturated carbocycles. The minimum atomic E-state index is -4.43. The summed E-state index contributed by atoms with van der Waals surface area (Å²) in [5.74, 6) is 5.60. The van der Waals surface area contributed by atoms with Gasteiger partial charge in [-0.3, -0.25) is 4.98 Å². The molecule has 0 aliphatic rings. The van der Waals surface area contributed by atoms with Crippen LogP contribution in [0, 0.1) is 11.8 Å². The molecule has 0 aliphatic heterocycles. The fourth-order valence-electron chi connectivity index (χ4n) is 0.875. The molecule has 0 aliphatic carbocycles. The van der Waals surface area contributed by atoms with Gasteiger partial charge < -0.3 is 0 Å². The van der Waals surface area contributed by atoms with Crippen molar-refractivity contribution in [3.8, 4) is 11.8 Å². The zero-order valence-electron chi connectivity index (χ0n) is 7.61. The first-order chi connectivity index (χ1) is 7.04. The van der Waals surface area contributed by atoms with Gasteiger partial charge in [-0.2, -0.15) is 13.2 Å². The third-order valence-electron chi connectivity index (χ3n) is 1.50. The Morgan fingerprint density at radius 3 is 2.73 bits per heavy atom. The van der Waals surface area contributed by atoms with Gasteiger partial charge in [-0.05, 0) is 12.1 Å². The Balaban J connectivity index is 2.90. The van der Waals surface area contributed by atoms with Crippen molar-refractivity contribution in [2.24, 2.45) is 0 Å². The van der Waals surface area contributed by atoms with Crippen LogP contribution in [0.25, 0.3) is 0 Å². The smallest absolute Gasteiger partial charge is 0.252 e. The minimum Gasteiger partial charge on any atom is -0.252 e. The maximum Gasteiger partial charge on any atom is 0.433 e. The van der Waals surface area contributed by atoms with Crippen LogP contribution in [0.5, 0.6) is 0 Å². The van der Waals surface area contributed by atoms with Gasteiger partial charge in [0.2, 0.25) is 0 Å². The molecule has 1 heterocycles. The van der Waals surface area contributed by atoms with Gasteiger partial charge in [-0.25, -0.2) is 0 Å². The molecule has 0 aromatic carbocycles. The Bertz CT molecular complexity index is 390. The SMILES string of the molecule is FC(F)(F)c1cc(C#CCCCl)ccn1. The number of hydrogen-bond acceptors (Lipinski definition) is 1. The van der Waals surface area contributed by atoms with Crippen molar-refractivity contribution >= 4 is 11.6 Å². The van der Waals surface area contributed by atoms with Crippen LogP contribution in [0.2, 0.25) is 0 Å². The van der Waals surface area contributed by atoms with E-state index in [1.165, 1.54) is 6.07 Å². The molecule has 0 amide bonds. The Morgan fingerprint density at radius 2 is 2.13 bits per heavy atom. The summed E-state index contributed by atoms with van der Waals surface area (Å²) < 4.78 is 36.7. The third kappa shape index (κ3) is 3.80. The molecule has 1 rings (SSSR count). The van der Waals surface area contributed by atoms with Crippen LogP contribution in [0.3, 0.4) is 0 Å². The first kappa shape index (κ1) is 11.9. The highest BCUT2D eigenvalue weighted by molar-refractivity contribution is 6.18. The van der Waals surface area contributed by atoms with Crippen molar-refractivity contribution in [2.45, 2.75) is 12.6 Å². The van der Waals surface area contributed by atoms with Gasteiger partial charge in [0.15, 0.2) is 0 Å². The largest absolute Gasteiger partial charge is 0.433 e. The predicted octanol–water partition coefficient (Wildman–Crippen LogP) is 3.08. The number of hydrogen-bond donors (Lipinski definition) is 0. The van der Waals surface area contributed by atoms with Crippen molar-refractivity contribution in [1.82, 2.24) is 4.98 Å². The summed E-state index contributed by atoms with van der Waals surface area (Å²) in [6, 6.07) is 2.34. The molecule has 80 valence electrons. The van der Waals surface area contributed by atoms with Gasteiger partial charge in [-0.1, -0.05) is 11.8 Å². The molecule has 1 aromatic rings. The third-order valence-corrected chi connectivity index (χ3v) is 1.69. The van der Waals surface area contributed by atoms with E-state index in [4.69, 9.17) is 11.6 Å². The van der Waals surface area contributed by atoms with E-state index in [0.29, 0.717) is 17.9 Å². The maximum absolute atomic E-state index is 12.2. The van der Waals surface area contributed by atoms with Crippen molar-refractivity contribution in [3.05, 3.63) is 29.6 Å². The second-order valence-electron chi connectivity index (χ2n) is 2.67. The second-order valence-corrected chi connectivity index (χ2v) is 3.05. The lowest BCUT2D eigenvalue weighted by atomic mass is 10.2. The predicted molar refractivity (Wildman–Crippen MR) is 51.5 cm³/mol. The van der Waals surface area contributed by atoms with Gasteiger partial charge in [0, 0.05) is 24.1 Å². The summed E-state index contributed by atoms with van der Waals surface area (Å²) in [5, 5.41) is 0. The standard InChI is InChI=1S/C10H7ClF3N/c11-5-2-1-3-8-4-6-15-9(7-8)10(12,13)14/h4,6-7H,2,5H2. The summed E-state index contributed by atoms with van der Waals surface area (Å²) in [5.41, 5.74) is -0.636. The molecule has 0 N–H and O–H groups in total. The number of nitrogens with zero attached hydrogens (tertiary/aromatic N) is 1. The lowest BCUT2D eigenvalue weighted by Crippen LogP contribution is -2.07. The zero-order chi connectivity index (χ0) is 11.3. The summed E-state index contributed by atoms with van der Waals surface area (Å²) in [6.07, 6.45) is -2.89. The van der Waals surface area contributed by atoms with Crippen molar-refractivity contribution in [1.29, 1.82) is 0 Å². The van der Waals surface area contributed by atoms with Crippen LogP contribution in [0.4, 0.5) is 13.2 Å². The van der Waals surface area contributed by atoms with Gasteiger partial charge in [-0.15, -0.1) is 11.6 Å². The van der Waals surface area contributed by atoms with Crippen molar-refractivity contribution < 1.29 is 13.2 Å². The first-order valence-corrected chi connectivity index (χ1v) is 4.65. The van der Waals surface area contributed by atoms with E-state index in [1.54, 1.807) is 0 Å². The molecule has 0 radical (unpaired) electrons. The monoisotopic (exact) mass is 233 g/mol. The summed E-state index contributed by atoms with van der Waals surface area (Å²) in [6.45, 7) is 0. The maximum atomic E-state index is 12.2. The average molecular weight is 234 g/mol. The average Bonchev–Trinajstić information content (AvgIpc) is 2.17. The molecule has 5 heteroatoms. The lowest BCUT2D eigenvalue weighted by molar-refractivity contribution is -0.141. The Kier molecular flexibility index (Phi) is 3.98. The number of pyridine rings is 1. The Hall–Kier alpha value is -1.21. The van der Waals surface area contributed by atoms with Crippen LogP contribution in [-0.4, -0.2) is 10.9 Å². The first-order valence-electron chi connectivity index (χ1n) is 4.12. The molecule has 0 spiro atoms. The normalized spacial score (nSPS) is 10.7. The van der Waals surface area contributed by atoms with Crippen LogP contribution in [0.1, 0.15) is 17.7 Å². The summed E-state index contributed by atoms with van der Waals surface area (Å²) in [7, 11) is 0. The minimum absolute atomic E-state index is 0.294. The van der Waals surface area contributed by atoms with E-state index in [2.05, 4.69) is 16.8 Å². The molecule has 0 fully saturated rings. The molecule has 0 atom stereocenters. The van der Waals surface area contributed by atoms with Gasteiger partial charge in [0.25, 0.3) is 0 Å². The molecule has 0 bridgehead atoms. The lowest BCUT2D eigenvalue weighted by Gasteiger charge is -2.04. The molecule has 1 nitrogen and oxygen atoms in total. The second kappa shape index (κ2) is 5.04. The number of aromatic nitrogens is 1. The highest BCUT2D eigenvalue weighted by atomic mass is 35.5. The van der Waals surface area contributed by atoms with Crippen molar-refractivity contribution in [3.63, 3.8) is 0 Å². The van der Waals surface area contributed by atoms with Crippen LogP contribution < -0.4 is 0 Å². The van der Waals surface area contributed by atoms with E-state index in [0.717, 1.165) is 12.3 Å². The fraction of sp³-hybridized carbons (Fsp3) is 0.300. The summed E-state index contributed by atoms with van der Waals surface area (Å²) >= 11 is 5.38. The fourth-order valence-corrected chi connectivity index (χ4v) is 0.970.